The molecule has 0 saturated heterocycles. The normalized spacial score (nSPS) is 11.0. The SMILES string of the molecule is N#CC(=Cc1cn(-c2ccccc2)nc1-c1ccncc1)C(=O)NCc1cccnc1. The van der Waals surface area contributed by atoms with Crippen LogP contribution in [-0.4, -0.2) is 25.7 Å². The van der Waals surface area contributed by atoms with Gasteiger partial charge in [-0.15, -0.1) is 0 Å². The number of hydrogen-bond donors (Lipinski definition) is 1. The molecule has 1 amide bonds. The first kappa shape index (κ1) is 19.7. The van der Waals surface area contributed by atoms with Gasteiger partial charge in [0.2, 0.25) is 0 Å². The van der Waals surface area contributed by atoms with Crippen LogP contribution < -0.4 is 5.32 Å². The average molecular weight is 406 g/mol. The third kappa shape index (κ3) is 4.71. The minimum absolute atomic E-state index is 0.00759. The molecule has 3 aromatic heterocycles. The van der Waals surface area contributed by atoms with Gasteiger partial charge in [-0.2, -0.15) is 10.4 Å². The number of pyridine rings is 2. The zero-order valence-corrected chi connectivity index (χ0v) is 16.5. The molecule has 1 aromatic carbocycles. The second-order valence-corrected chi connectivity index (χ2v) is 6.66. The molecule has 0 atom stereocenters. The van der Waals surface area contributed by atoms with Crippen molar-refractivity contribution in [2.75, 3.05) is 0 Å². The zero-order chi connectivity index (χ0) is 21.5. The molecular formula is C24H18N6O. The van der Waals surface area contributed by atoms with E-state index in [4.69, 9.17) is 0 Å². The third-order valence-corrected chi connectivity index (χ3v) is 4.56. The van der Waals surface area contributed by atoms with Crippen molar-refractivity contribution in [3.8, 4) is 23.0 Å². The second-order valence-electron chi connectivity index (χ2n) is 6.66. The van der Waals surface area contributed by atoms with Crippen LogP contribution in [0.5, 0.6) is 0 Å². The van der Waals surface area contributed by atoms with Crippen molar-refractivity contribution in [2.24, 2.45) is 0 Å². The second kappa shape index (κ2) is 9.29. The van der Waals surface area contributed by atoms with Crippen LogP contribution in [0.25, 0.3) is 23.0 Å². The Hall–Kier alpha value is -4.57. The number of amides is 1. The van der Waals surface area contributed by atoms with Crippen LogP contribution >= 0.6 is 0 Å². The molecule has 150 valence electrons. The number of nitrogens with zero attached hydrogens (tertiary/aromatic N) is 5. The van der Waals surface area contributed by atoms with Gasteiger partial charge < -0.3 is 5.32 Å². The molecular weight excluding hydrogens is 388 g/mol. The Kier molecular flexibility index (Phi) is 5.91. The van der Waals surface area contributed by atoms with Crippen molar-refractivity contribution >= 4 is 12.0 Å². The molecule has 7 heteroatoms. The Labute approximate surface area is 179 Å². The standard InChI is InChI=1S/C24H18N6O/c25-14-20(24(31)28-16-18-5-4-10-27-15-18)13-21-17-30(22-6-2-1-3-7-22)29-23(21)19-8-11-26-12-9-19/h1-13,15,17H,16H2,(H,28,31). The Morgan fingerprint density at radius 3 is 2.55 bits per heavy atom. The molecule has 0 fully saturated rings. The highest BCUT2D eigenvalue weighted by Crippen LogP contribution is 2.25. The van der Waals surface area contributed by atoms with E-state index in [2.05, 4.69) is 20.4 Å². The van der Waals surface area contributed by atoms with Crippen molar-refractivity contribution < 1.29 is 4.79 Å². The van der Waals surface area contributed by atoms with E-state index in [-0.39, 0.29) is 12.1 Å². The van der Waals surface area contributed by atoms with Crippen LogP contribution in [0.2, 0.25) is 0 Å². The highest BCUT2D eigenvalue weighted by atomic mass is 16.1. The van der Waals surface area contributed by atoms with Crippen molar-refractivity contribution in [3.63, 3.8) is 0 Å². The van der Waals surface area contributed by atoms with E-state index in [0.717, 1.165) is 16.8 Å². The number of carbonyl (C=O) groups is 1. The lowest BCUT2D eigenvalue weighted by Gasteiger charge is -2.04. The maximum Gasteiger partial charge on any atom is 0.262 e. The molecule has 31 heavy (non-hydrogen) atoms. The fourth-order valence-corrected chi connectivity index (χ4v) is 3.02. The van der Waals surface area contributed by atoms with Gasteiger partial charge in [0, 0.05) is 48.7 Å². The molecule has 4 rings (SSSR count). The number of rotatable bonds is 6. The number of aromatic nitrogens is 4. The lowest BCUT2D eigenvalue weighted by atomic mass is 10.1. The number of hydrogen-bond acceptors (Lipinski definition) is 5. The maximum atomic E-state index is 12.6. The van der Waals surface area contributed by atoms with Gasteiger partial charge in [0.15, 0.2) is 0 Å². The van der Waals surface area contributed by atoms with Crippen LogP contribution in [0.1, 0.15) is 11.1 Å². The molecule has 0 aliphatic heterocycles. The summed E-state index contributed by atoms with van der Waals surface area (Å²) in [4.78, 5) is 20.7. The van der Waals surface area contributed by atoms with E-state index in [1.807, 2.05) is 54.6 Å². The summed E-state index contributed by atoms with van der Waals surface area (Å²) in [5.74, 6) is -0.459. The summed E-state index contributed by atoms with van der Waals surface area (Å²) in [5, 5.41) is 17.1. The summed E-state index contributed by atoms with van der Waals surface area (Å²) < 4.78 is 1.73. The van der Waals surface area contributed by atoms with Crippen molar-refractivity contribution in [2.45, 2.75) is 6.54 Å². The van der Waals surface area contributed by atoms with E-state index in [1.54, 1.807) is 47.8 Å². The zero-order valence-electron chi connectivity index (χ0n) is 16.5. The van der Waals surface area contributed by atoms with Gasteiger partial charge in [-0.1, -0.05) is 24.3 Å². The summed E-state index contributed by atoms with van der Waals surface area (Å²) in [5.41, 5.74) is 3.86. The van der Waals surface area contributed by atoms with Crippen molar-refractivity contribution in [3.05, 3.63) is 102 Å². The van der Waals surface area contributed by atoms with E-state index in [1.165, 1.54) is 0 Å². The molecule has 0 unspecified atom stereocenters. The van der Waals surface area contributed by atoms with Crippen LogP contribution in [0.15, 0.2) is 91.2 Å². The first-order valence-electron chi connectivity index (χ1n) is 9.59. The van der Waals surface area contributed by atoms with Gasteiger partial charge in [-0.05, 0) is 42.0 Å². The van der Waals surface area contributed by atoms with Crippen molar-refractivity contribution in [1.29, 1.82) is 5.26 Å². The predicted octanol–water partition coefficient (Wildman–Crippen LogP) is 3.55. The Morgan fingerprint density at radius 2 is 1.84 bits per heavy atom. The Morgan fingerprint density at radius 1 is 1.03 bits per heavy atom. The summed E-state index contributed by atoms with van der Waals surface area (Å²) in [6.45, 7) is 0.284. The first-order chi connectivity index (χ1) is 15.2. The Bertz CT molecular complexity index is 1240. The average Bonchev–Trinajstić information content (AvgIpc) is 3.27. The van der Waals surface area contributed by atoms with Gasteiger partial charge in [0.1, 0.15) is 17.3 Å². The lowest BCUT2D eigenvalue weighted by Crippen LogP contribution is -2.24. The molecule has 4 aromatic rings. The minimum atomic E-state index is -0.459. The number of nitriles is 1. The van der Waals surface area contributed by atoms with E-state index in [9.17, 15) is 10.1 Å². The largest absolute Gasteiger partial charge is 0.347 e. The molecule has 0 aliphatic rings. The van der Waals surface area contributed by atoms with Crippen LogP contribution in [-0.2, 0) is 11.3 Å². The molecule has 0 radical (unpaired) electrons. The lowest BCUT2D eigenvalue weighted by molar-refractivity contribution is -0.117. The van der Waals surface area contributed by atoms with Gasteiger partial charge in [0.25, 0.3) is 5.91 Å². The Balaban J connectivity index is 1.67. The van der Waals surface area contributed by atoms with E-state index in [0.29, 0.717) is 11.3 Å². The molecule has 0 saturated carbocycles. The molecule has 0 aliphatic carbocycles. The summed E-state index contributed by atoms with van der Waals surface area (Å²) >= 11 is 0. The van der Waals surface area contributed by atoms with Gasteiger partial charge in [-0.25, -0.2) is 4.68 Å². The molecule has 0 spiro atoms. The van der Waals surface area contributed by atoms with Gasteiger partial charge in [-0.3, -0.25) is 14.8 Å². The highest BCUT2D eigenvalue weighted by Gasteiger charge is 2.15. The molecule has 0 bridgehead atoms. The summed E-state index contributed by atoms with van der Waals surface area (Å²) in [6.07, 6.45) is 10.0. The highest BCUT2D eigenvalue weighted by molar-refractivity contribution is 6.02. The van der Waals surface area contributed by atoms with Crippen LogP contribution in [0, 0.1) is 11.3 Å². The molecule has 1 N–H and O–H groups in total. The van der Waals surface area contributed by atoms with E-state index >= 15 is 0 Å². The topological polar surface area (TPSA) is 96.5 Å². The summed E-state index contributed by atoms with van der Waals surface area (Å²) in [6, 6.07) is 19.0. The smallest absolute Gasteiger partial charge is 0.262 e. The first-order valence-corrected chi connectivity index (χ1v) is 9.59. The van der Waals surface area contributed by atoms with E-state index < -0.39 is 5.91 Å². The summed E-state index contributed by atoms with van der Waals surface area (Å²) in [7, 11) is 0. The van der Waals surface area contributed by atoms with Crippen molar-refractivity contribution in [1.82, 2.24) is 25.1 Å². The van der Waals surface area contributed by atoms with Crippen LogP contribution in [0.4, 0.5) is 0 Å². The van der Waals surface area contributed by atoms with Gasteiger partial charge >= 0.3 is 0 Å². The minimum Gasteiger partial charge on any atom is -0.347 e. The fraction of sp³-hybridized carbons (Fsp3) is 0.0417. The quantitative estimate of drug-likeness (QED) is 0.390. The number of nitrogens with one attached hydrogen (secondary N) is 1. The number of para-hydroxylation sites is 1. The fourth-order valence-electron chi connectivity index (χ4n) is 3.02. The molecule has 7 nitrogen and oxygen atoms in total. The molecule has 3 heterocycles. The predicted molar refractivity (Wildman–Crippen MR) is 116 cm³/mol. The number of benzene rings is 1. The van der Waals surface area contributed by atoms with Crippen LogP contribution in [0.3, 0.4) is 0 Å². The van der Waals surface area contributed by atoms with Gasteiger partial charge in [0.05, 0.1) is 5.69 Å². The monoisotopic (exact) mass is 406 g/mol. The third-order valence-electron chi connectivity index (χ3n) is 4.56. The maximum absolute atomic E-state index is 12.6. The number of carbonyl (C=O) groups excluding carboxylic acids is 1.